The highest BCUT2D eigenvalue weighted by Gasteiger charge is 2.35. The van der Waals surface area contributed by atoms with E-state index in [1.807, 2.05) is 13.8 Å². The van der Waals surface area contributed by atoms with Crippen molar-refractivity contribution in [2.24, 2.45) is 17.8 Å². The number of aliphatic carboxylic acids is 1. The van der Waals surface area contributed by atoms with Gasteiger partial charge in [-0.15, -0.1) is 0 Å². The summed E-state index contributed by atoms with van der Waals surface area (Å²) in [4.78, 5) is 11.0. The number of rotatable bonds is 3. The largest absolute Gasteiger partial charge is 0.483 e. The minimum absolute atomic E-state index is 0.0362. The van der Waals surface area contributed by atoms with Crippen LogP contribution in [0.2, 0.25) is 0 Å². The van der Waals surface area contributed by atoms with Gasteiger partial charge in [0.1, 0.15) is 6.10 Å². The number of aliphatic hydroxyl groups is 1. The predicted octanol–water partition coefficient (Wildman–Crippen LogP) is 2.03. The average Bonchev–Trinajstić information content (AvgIpc) is 2.39. The molecule has 0 spiro atoms. The molecule has 0 aliphatic carbocycles. The van der Waals surface area contributed by atoms with Crippen molar-refractivity contribution in [2.45, 2.75) is 46.3 Å². The van der Waals surface area contributed by atoms with Crippen LogP contribution in [0.5, 0.6) is 0 Å². The standard InChI is InChI=1S/C13H22O4/c1-7(2)8(3)12-9(4)10(14)5-6-11(17-12)13(15)16/h6-10,12,14H,5H2,1-4H3,(H,15,16). The Bertz CT molecular complexity index is 309. The molecule has 4 unspecified atom stereocenters. The van der Waals surface area contributed by atoms with E-state index in [1.165, 1.54) is 6.08 Å². The number of aliphatic hydroxyl groups excluding tert-OH is 1. The summed E-state index contributed by atoms with van der Waals surface area (Å²) in [6.45, 7) is 8.08. The van der Waals surface area contributed by atoms with Crippen LogP contribution in [0.4, 0.5) is 0 Å². The van der Waals surface area contributed by atoms with E-state index < -0.39 is 12.1 Å². The lowest BCUT2D eigenvalue weighted by Gasteiger charge is -2.32. The van der Waals surface area contributed by atoms with E-state index in [0.29, 0.717) is 12.3 Å². The smallest absolute Gasteiger partial charge is 0.370 e. The van der Waals surface area contributed by atoms with Crippen molar-refractivity contribution in [3.63, 3.8) is 0 Å². The van der Waals surface area contributed by atoms with Crippen LogP contribution in [-0.2, 0) is 9.53 Å². The molecule has 2 N–H and O–H groups in total. The van der Waals surface area contributed by atoms with E-state index in [1.54, 1.807) is 0 Å². The summed E-state index contributed by atoms with van der Waals surface area (Å²) >= 11 is 0. The Labute approximate surface area is 102 Å². The van der Waals surface area contributed by atoms with Crippen LogP contribution in [0.1, 0.15) is 34.1 Å². The Kier molecular flexibility index (Phi) is 4.57. The molecule has 0 fully saturated rings. The molecule has 0 aromatic carbocycles. The van der Waals surface area contributed by atoms with E-state index in [9.17, 15) is 9.90 Å². The van der Waals surface area contributed by atoms with E-state index in [2.05, 4.69) is 13.8 Å². The van der Waals surface area contributed by atoms with Gasteiger partial charge < -0.3 is 14.9 Å². The molecule has 0 saturated heterocycles. The van der Waals surface area contributed by atoms with Gasteiger partial charge >= 0.3 is 5.97 Å². The Morgan fingerprint density at radius 3 is 2.53 bits per heavy atom. The summed E-state index contributed by atoms with van der Waals surface area (Å²) in [6.07, 6.45) is 1.01. The Balaban J connectivity index is 2.93. The average molecular weight is 242 g/mol. The van der Waals surface area contributed by atoms with Crippen molar-refractivity contribution in [2.75, 3.05) is 0 Å². The molecular formula is C13H22O4. The topological polar surface area (TPSA) is 66.8 Å². The minimum atomic E-state index is -1.06. The zero-order valence-electron chi connectivity index (χ0n) is 10.9. The number of ether oxygens (including phenoxy) is 1. The van der Waals surface area contributed by atoms with Gasteiger partial charge in [-0.3, -0.25) is 0 Å². The molecule has 1 heterocycles. The number of carboxylic acid groups (broad SMARTS) is 1. The lowest BCUT2D eigenvalue weighted by atomic mass is 9.83. The van der Waals surface area contributed by atoms with Gasteiger partial charge in [0.25, 0.3) is 0 Å². The second kappa shape index (κ2) is 5.54. The van der Waals surface area contributed by atoms with Gasteiger partial charge in [0.15, 0.2) is 0 Å². The highest BCUT2D eigenvalue weighted by molar-refractivity contribution is 5.84. The van der Waals surface area contributed by atoms with Gasteiger partial charge in [0.2, 0.25) is 5.76 Å². The molecule has 1 rings (SSSR count). The van der Waals surface area contributed by atoms with Crippen molar-refractivity contribution < 1.29 is 19.7 Å². The Morgan fingerprint density at radius 2 is 2.06 bits per heavy atom. The third-order valence-electron chi connectivity index (χ3n) is 3.71. The molecule has 1 aliphatic rings. The van der Waals surface area contributed by atoms with Gasteiger partial charge in [0, 0.05) is 5.92 Å². The Morgan fingerprint density at radius 1 is 1.47 bits per heavy atom. The minimum Gasteiger partial charge on any atom is -0.483 e. The van der Waals surface area contributed by atoms with Crippen LogP contribution < -0.4 is 0 Å². The fourth-order valence-corrected chi connectivity index (χ4v) is 2.07. The van der Waals surface area contributed by atoms with Crippen molar-refractivity contribution in [3.8, 4) is 0 Å². The Hall–Kier alpha value is -1.03. The second-order valence-corrected chi connectivity index (χ2v) is 5.22. The first-order valence-electron chi connectivity index (χ1n) is 6.12. The third-order valence-corrected chi connectivity index (χ3v) is 3.71. The van der Waals surface area contributed by atoms with Crippen LogP contribution in [0, 0.1) is 17.8 Å². The van der Waals surface area contributed by atoms with E-state index in [-0.39, 0.29) is 23.7 Å². The summed E-state index contributed by atoms with van der Waals surface area (Å²) < 4.78 is 5.58. The SMILES string of the molecule is CC(C)C(C)C1OC(C(=O)O)=CCC(O)C1C. The molecule has 0 amide bonds. The predicted molar refractivity (Wildman–Crippen MR) is 64.4 cm³/mol. The highest BCUT2D eigenvalue weighted by Crippen LogP contribution is 2.31. The van der Waals surface area contributed by atoms with Gasteiger partial charge in [-0.1, -0.05) is 27.7 Å². The maximum atomic E-state index is 11.0. The summed E-state index contributed by atoms with van der Waals surface area (Å²) in [5.41, 5.74) is 0. The third kappa shape index (κ3) is 3.22. The fourth-order valence-electron chi connectivity index (χ4n) is 2.07. The first kappa shape index (κ1) is 14.0. The normalized spacial score (nSPS) is 31.4. The fraction of sp³-hybridized carbons (Fsp3) is 0.769. The summed E-state index contributed by atoms with van der Waals surface area (Å²) in [5, 5.41) is 18.9. The second-order valence-electron chi connectivity index (χ2n) is 5.22. The van der Waals surface area contributed by atoms with Crippen LogP contribution >= 0.6 is 0 Å². The van der Waals surface area contributed by atoms with Gasteiger partial charge in [-0.2, -0.15) is 0 Å². The zero-order valence-corrected chi connectivity index (χ0v) is 10.9. The van der Waals surface area contributed by atoms with Crippen molar-refractivity contribution in [3.05, 3.63) is 11.8 Å². The molecule has 0 bridgehead atoms. The molecular weight excluding hydrogens is 220 g/mol. The maximum absolute atomic E-state index is 11.0. The molecule has 1 aliphatic heterocycles. The molecule has 98 valence electrons. The maximum Gasteiger partial charge on any atom is 0.370 e. The monoisotopic (exact) mass is 242 g/mol. The van der Waals surface area contributed by atoms with Gasteiger partial charge in [-0.05, 0) is 24.3 Å². The first-order valence-corrected chi connectivity index (χ1v) is 6.12. The molecule has 4 atom stereocenters. The number of carboxylic acids is 1. The highest BCUT2D eigenvalue weighted by atomic mass is 16.5. The molecule has 0 aromatic rings. The molecule has 0 saturated carbocycles. The van der Waals surface area contributed by atoms with Gasteiger partial charge in [0.05, 0.1) is 6.10 Å². The molecule has 0 radical (unpaired) electrons. The van der Waals surface area contributed by atoms with E-state index in [0.717, 1.165) is 0 Å². The lowest BCUT2D eigenvalue weighted by Crippen LogP contribution is -2.37. The van der Waals surface area contributed by atoms with E-state index in [4.69, 9.17) is 9.84 Å². The number of hydrogen-bond acceptors (Lipinski definition) is 3. The van der Waals surface area contributed by atoms with Gasteiger partial charge in [-0.25, -0.2) is 4.79 Å². The molecule has 4 nitrogen and oxygen atoms in total. The lowest BCUT2D eigenvalue weighted by molar-refractivity contribution is -0.139. The number of hydrogen-bond donors (Lipinski definition) is 2. The quantitative estimate of drug-likeness (QED) is 0.794. The van der Waals surface area contributed by atoms with Crippen LogP contribution in [-0.4, -0.2) is 28.4 Å². The molecule has 17 heavy (non-hydrogen) atoms. The summed E-state index contributed by atoms with van der Waals surface area (Å²) in [7, 11) is 0. The summed E-state index contributed by atoms with van der Waals surface area (Å²) in [5.74, 6) is -0.595. The first-order chi connectivity index (χ1) is 7.84. The molecule has 0 aromatic heterocycles. The van der Waals surface area contributed by atoms with Crippen LogP contribution in [0.15, 0.2) is 11.8 Å². The number of carbonyl (C=O) groups is 1. The van der Waals surface area contributed by atoms with Crippen molar-refractivity contribution in [1.29, 1.82) is 0 Å². The molecule has 4 heteroatoms. The van der Waals surface area contributed by atoms with E-state index >= 15 is 0 Å². The van der Waals surface area contributed by atoms with Crippen molar-refractivity contribution >= 4 is 5.97 Å². The van der Waals surface area contributed by atoms with Crippen molar-refractivity contribution in [1.82, 2.24) is 0 Å². The summed E-state index contributed by atoms with van der Waals surface area (Å²) in [6, 6.07) is 0. The van der Waals surface area contributed by atoms with Crippen LogP contribution in [0.25, 0.3) is 0 Å². The van der Waals surface area contributed by atoms with Crippen LogP contribution in [0.3, 0.4) is 0 Å². The zero-order chi connectivity index (χ0) is 13.2.